The Morgan fingerprint density at radius 3 is 0.800 bits per heavy atom. The minimum atomic E-state index is 0. The van der Waals surface area contributed by atoms with Crippen LogP contribution in [0.15, 0.2) is 0 Å². The zero-order valence-electron chi connectivity index (χ0n) is 2.39. The Labute approximate surface area is 92.7 Å². The Morgan fingerprint density at radius 2 is 0.800 bits per heavy atom. The van der Waals surface area contributed by atoms with E-state index in [1.165, 1.54) is 0 Å². The van der Waals surface area contributed by atoms with Crippen molar-refractivity contribution in [1.82, 2.24) is 0 Å². The summed E-state index contributed by atoms with van der Waals surface area (Å²) in [6.07, 6.45) is 0. The van der Waals surface area contributed by atoms with Crippen molar-refractivity contribution in [3.63, 3.8) is 0 Å². The molecule has 0 aromatic heterocycles. The van der Waals surface area contributed by atoms with Gasteiger partial charge in [-0.25, -0.2) is 0 Å². The van der Waals surface area contributed by atoms with Crippen molar-refractivity contribution in [2.45, 2.75) is 0 Å². The van der Waals surface area contributed by atoms with Gasteiger partial charge < -0.3 is 11.0 Å². The molecule has 0 heterocycles. The summed E-state index contributed by atoms with van der Waals surface area (Å²) in [6.45, 7) is 0. The van der Waals surface area contributed by atoms with Crippen LogP contribution in [0.3, 0.4) is 0 Å². The number of hydrogen-bond donors (Lipinski definition) is 0. The van der Waals surface area contributed by atoms with Crippen LogP contribution in [0.4, 0.5) is 0 Å². The van der Waals surface area contributed by atoms with Gasteiger partial charge >= 0.3 is 83.5 Å². The molecule has 0 saturated carbocycles. The predicted octanol–water partition coefficient (Wildman–Crippen LogP) is -0.243. The van der Waals surface area contributed by atoms with Crippen LogP contribution in [-0.4, -0.2) is 0 Å². The molecular formula is LaO2TiZr+7. The first-order valence-electron chi connectivity index (χ1n) is 0. The molecule has 0 saturated heterocycles. The summed E-state index contributed by atoms with van der Waals surface area (Å²) in [4.78, 5) is 0. The summed E-state index contributed by atoms with van der Waals surface area (Å²) < 4.78 is 0. The molecule has 0 aliphatic heterocycles. The fourth-order valence-electron chi connectivity index (χ4n) is 0. The zero-order valence-corrected chi connectivity index (χ0v) is 10.0. The zero-order chi connectivity index (χ0) is 0. The topological polar surface area (TPSA) is 57.0 Å². The Bertz CT molecular complexity index is 9.61. The van der Waals surface area contributed by atoms with Gasteiger partial charge in [-0.2, -0.15) is 0 Å². The van der Waals surface area contributed by atoms with Crippen LogP contribution in [-0.2, 0) is 58.9 Å². The second-order valence-electron chi connectivity index (χ2n) is 0. The smallest absolute Gasteiger partial charge is 2.00 e. The first kappa shape index (κ1) is 47.2. The van der Waals surface area contributed by atoms with E-state index in [-0.39, 0.29) is 94.5 Å². The third-order valence-corrected chi connectivity index (χ3v) is 0. The van der Waals surface area contributed by atoms with E-state index in [4.69, 9.17) is 0 Å². The van der Waals surface area contributed by atoms with Crippen molar-refractivity contribution in [3.8, 4) is 0 Å². The van der Waals surface area contributed by atoms with Gasteiger partial charge in [-0.15, -0.1) is 0 Å². The number of hydrogen-bond acceptors (Lipinski definition) is 0. The van der Waals surface area contributed by atoms with Crippen molar-refractivity contribution in [2.24, 2.45) is 0 Å². The van der Waals surface area contributed by atoms with Crippen molar-refractivity contribution >= 4 is 0 Å². The second-order valence-corrected chi connectivity index (χ2v) is 0. The summed E-state index contributed by atoms with van der Waals surface area (Å²) >= 11 is 0. The van der Waals surface area contributed by atoms with Gasteiger partial charge in [0.15, 0.2) is 0 Å². The summed E-state index contributed by atoms with van der Waals surface area (Å²) in [6, 6.07) is 0. The molecule has 0 amide bonds. The molecule has 0 radical (unpaired) electrons. The van der Waals surface area contributed by atoms with Gasteiger partial charge in [0.05, 0.1) is 0 Å². The van der Waals surface area contributed by atoms with Crippen LogP contribution in [0, 0.1) is 35.6 Å². The van der Waals surface area contributed by atoms with E-state index < -0.39 is 0 Å². The van der Waals surface area contributed by atoms with Gasteiger partial charge in [0.2, 0.25) is 0 Å². The molecule has 0 spiro atoms. The molecule has 0 rings (SSSR count). The Hall–Kier alpha value is 2.71. The Balaban J connectivity index is 0. The molecule has 0 atom stereocenters. The van der Waals surface area contributed by atoms with Crippen molar-refractivity contribution < 1.29 is 94.5 Å². The Kier molecular flexibility index (Phi) is 281. The molecule has 0 unspecified atom stereocenters. The maximum Gasteiger partial charge on any atom is 4.00 e. The molecule has 5 heteroatoms. The SMILES string of the molecule is [La+3].[O-2].[O-2].[Ti+4].[Zr+4]. The molecule has 0 fully saturated rings. The van der Waals surface area contributed by atoms with Gasteiger partial charge in [0.25, 0.3) is 0 Å². The van der Waals surface area contributed by atoms with Gasteiger partial charge in [0.1, 0.15) is 0 Å². The predicted molar refractivity (Wildman–Crippen MR) is 1.37 cm³/mol. The van der Waals surface area contributed by atoms with Crippen LogP contribution in [0.5, 0.6) is 0 Å². The van der Waals surface area contributed by atoms with Gasteiger partial charge in [-0.3, -0.25) is 0 Å². The summed E-state index contributed by atoms with van der Waals surface area (Å²) in [7, 11) is 0. The van der Waals surface area contributed by atoms with E-state index in [9.17, 15) is 0 Å². The van der Waals surface area contributed by atoms with E-state index in [0.29, 0.717) is 0 Å². The van der Waals surface area contributed by atoms with Crippen LogP contribution in [0.25, 0.3) is 0 Å². The van der Waals surface area contributed by atoms with Crippen LogP contribution >= 0.6 is 0 Å². The molecule has 0 aromatic rings. The average Bonchev–Trinajstić information content (AvgIpc) is 0. The summed E-state index contributed by atoms with van der Waals surface area (Å²) in [5, 5.41) is 0. The van der Waals surface area contributed by atoms with Crippen LogP contribution in [0.2, 0.25) is 0 Å². The monoisotopic (exact) mass is 309 g/mol. The fourth-order valence-corrected chi connectivity index (χ4v) is 0. The molecule has 0 N–H and O–H groups in total. The van der Waals surface area contributed by atoms with Crippen LogP contribution in [0.1, 0.15) is 0 Å². The molecule has 16 valence electrons. The molecule has 0 aliphatic rings. The van der Waals surface area contributed by atoms with Crippen molar-refractivity contribution in [2.75, 3.05) is 0 Å². The third kappa shape index (κ3) is 20.3. The minimum absolute atomic E-state index is 0. The Morgan fingerprint density at radius 1 is 0.800 bits per heavy atom. The summed E-state index contributed by atoms with van der Waals surface area (Å²) in [5.74, 6) is 0. The maximum absolute atomic E-state index is 0. The summed E-state index contributed by atoms with van der Waals surface area (Å²) in [5.41, 5.74) is 0. The molecule has 0 aromatic carbocycles. The average molecular weight is 310 g/mol. The molecule has 0 bridgehead atoms. The maximum atomic E-state index is 0. The van der Waals surface area contributed by atoms with Gasteiger partial charge in [-0.1, -0.05) is 0 Å². The van der Waals surface area contributed by atoms with Crippen molar-refractivity contribution in [3.05, 3.63) is 0 Å². The quantitative estimate of drug-likeness (QED) is 0.555. The first-order chi connectivity index (χ1) is 0. The standard InChI is InChI=1S/La.2O.Ti.Zr/q+3;2*-2;2*+4. The van der Waals surface area contributed by atoms with Gasteiger partial charge in [0, 0.05) is 0 Å². The van der Waals surface area contributed by atoms with E-state index in [2.05, 4.69) is 0 Å². The second kappa shape index (κ2) is 29.8. The van der Waals surface area contributed by atoms with Gasteiger partial charge in [-0.05, 0) is 0 Å². The molecular weight excluding hydrogens is 310 g/mol. The van der Waals surface area contributed by atoms with E-state index >= 15 is 0 Å². The molecule has 0 aliphatic carbocycles. The van der Waals surface area contributed by atoms with E-state index in [0.717, 1.165) is 0 Å². The van der Waals surface area contributed by atoms with Crippen LogP contribution < -0.4 is 0 Å². The normalized spacial score (nSPS) is 0. The first-order valence-corrected chi connectivity index (χ1v) is 0. The van der Waals surface area contributed by atoms with Crippen molar-refractivity contribution in [1.29, 1.82) is 0 Å². The third-order valence-electron chi connectivity index (χ3n) is 0. The minimum Gasteiger partial charge on any atom is -2.00 e. The molecule has 5 heavy (non-hydrogen) atoms. The largest absolute Gasteiger partial charge is 4.00 e. The van der Waals surface area contributed by atoms with E-state index in [1.807, 2.05) is 0 Å². The number of rotatable bonds is 0. The molecule has 2 nitrogen and oxygen atoms in total. The fraction of sp³-hybridized carbons (Fsp3) is 0. The van der Waals surface area contributed by atoms with E-state index in [1.54, 1.807) is 0 Å².